The molecule has 0 aromatic rings. The lowest BCUT2D eigenvalue weighted by Gasteiger charge is -2.42. The van der Waals surface area contributed by atoms with Crippen molar-refractivity contribution in [2.45, 2.75) is 59.0 Å². The molecule has 5 nitrogen and oxygen atoms in total. The third-order valence-electron chi connectivity index (χ3n) is 6.00. The molecule has 0 aromatic carbocycles. The first-order chi connectivity index (χ1) is 14.3. The summed E-state index contributed by atoms with van der Waals surface area (Å²) in [6.45, 7) is 16.2. The Morgan fingerprint density at radius 2 is 2.03 bits per heavy atom. The van der Waals surface area contributed by atoms with Crippen LogP contribution in [-0.2, 0) is 4.74 Å². The number of carbonyl (C=O) groups is 1. The lowest BCUT2D eigenvalue weighted by atomic mass is 9.89. The Hall–Kier alpha value is -2.39. The predicted molar refractivity (Wildman–Crippen MR) is 122 cm³/mol. The van der Waals surface area contributed by atoms with E-state index in [1.54, 1.807) is 0 Å². The average molecular weight is 412 g/mol. The summed E-state index contributed by atoms with van der Waals surface area (Å²) >= 11 is 0. The summed E-state index contributed by atoms with van der Waals surface area (Å²) in [6.07, 6.45) is 10.4. The molecular formula is C25H37N3O2. The number of hydrogen-bond acceptors (Lipinski definition) is 4. The minimum absolute atomic E-state index is 0.177. The Morgan fingerprint density at radius 3 is 2.67 bits per heavy atom. The third kappa shape index (κ3) is 5.40. The molecule has 0 spiro atoms. The van der Waals surface area contributed by atoms with Crippen molar-refractivity contribution in [1.29, 1.82) is 0 Å². The Bertz CT molecular complexity index is 786. The van der Waals surface area contributed by atoms with Gasteiger partial charge in [-0.05, 0) is 77.0 Å². The Kier molecular flexibility index (Phi) is 7.14. The van der Waals surface area contributed by atoms with E-state index in [1.165, 1.54) is 23.3 Å². The number of ether oxygens (including phenoxy) is 1. The number of rotatable bonds is 3. The number of amides is 1. The fourth-order valence-corrected chi connectivity index (χ4v) is 4.60. The molecule has 0 saturated carbocycles. The van der Waals surface area contributed by atoms with Crippen molar-refractivity contribution in [2.24, 2.45) is 5.92 Å². The Morgan fingerprint density at radius 1 is 1.30 bits per heavy atom. The zero-order chi connectivity index (χ0) is 21.7. The molecule has 1 N–H and O–H groups in total. The molecule has 0 bridgehead atoms. The fourth-order valence-electron chi connectivity index (χ4n) is 4.60. The molecule has 0 unspecified atom stereocenters. The zero-order valence-corrected chi connectivity index (χ0v) is 19.1. The van der Waals surface area contributed by atoms with E-state index in [0.29, 0.717) is 5.92 Å². The summed E-state index contributed by atoms with van der Waals surface area (Å²) in [6, 6.07) is 0. The lowest BCUT2D eigenvalue weighted by Crippen LogP contribution is -2.45. The van der Waals surface area contributed by atoms with Crippen LogP contribution in [0.2, 0.25) is 0 Å². The average Bonchev–Trinajstić information content (AvgIpc) is 2.71. The summed E-state index contributed by atoms with van der Waals surface area (Å²) in [5, 5.41) is 3.57. The summed E-state index contributed by atoms with van der Waals surface area (Å²) in [7, 11) is 0. The number of allylic oxidation sites excluding steroid dienone is 3. The van der Waals surface area contributed by atoms with Crippen LogP contribution in [0.1, 0.15) is 53.4 Å². The van der Waals surface area contributed by atoms with Crippen molar-refractivity contribution >= 4 is 6.09 Å². The van der Waals surface area contributed by atoms with E-state index in [0.717, 1.165) is 57.7 Å². The van der Waals surface area contributed by atoms with Crippen LogP contribution in [-0.4, -0.2) is 54.2 Å². The number of likely N-dealkylation sites (tertiary alicyclic amines) is 1. The van der Waals surface area contributed by atoms with E-state index in [2.05, 4.69) is 41.6 Å². The third-order valence-corrected chi connectivity index (χ3v) is 6.00. The van der Waals surface area contributed by atoms with Gasteiger partial charge in [-0.15, -0.1) is 5.73 Å². The van der Waals surface area contributed by atoms with Gasteiger partial charge in [0, 0.05) is 49.7 Å². The highest BCUT2D eigenvalue weighted by Crippen LogP contribution is 2.35. The van der Waals surface area contributed by atoms with Crippen molar-refractivity contribution in [2.75, 3.05) is 32.7 Å². The molecule has 3 aliphatic heterocycles. The lowest BCUT2D eigenvalue weighted by molar-refractivity contribution is 0.0173. The van der Waals surface area contributed by atoms with Crippen molar-refractivity contribution in [1.82, 2.24) is 15.1 Å². The number of piperidine rings is 1. The molecule has 5 heteroatoms. The van der Waals surface area contributed by atoms with Crippen LogP contribution < -0.4 is 5.32 Å². The van der Waals surface area contributed by atoms with Gasteiger partial charge in [-0.2, -0.15) is 0 Å². The smallest absolute Gasteiger partial charge is 0.410 e. The maximum absolute atomic E-state index is 12.4. The van der Waals surface area contributed by atoms with Gasteiger partial charge in [-0.25, -0.2) is 4.79 Å². The highest BCUT2D eigenvalue weighted by Gasteiger charge is 2.32. The van der Waals surface area contributed by atoms with E-state index in [-0.39, 0.29) is 6.09 Å². The van der Waals surface area contributed by atoms with Crippen LogP contribution in [0, 0.1) is 5.92 Å². The van der Waals surface area contributed by atoms with Crippen LogP contribution >= 0.6 is 0 Å². The standard InChI is InChI=1S/C25H37N3O2/c1-6-8-11-22-21(7-2)23-20(17-26-22)10-9-14-28(23)18-19-12-15-27(16-13-19)24(29)30-25(3,4)5/h7-8,11,19,26H,1,9-10,12-18H2,2-5H3/b21-7+,22-11+. The molecular weight excluding hydrogens is 374 g/mol. The van der Waals surface area contributed by atoms with Crippen LogP contribution in [0.15, 0.2) is 53.1 Å². The van der Waals surface area contributed by atoms with Gasteiger partial charge in [0.05, 0.1) is 0 Å². The van der Waals surface area contributed by atoms with Gasteiger partial charge in [-0.3, -0.25) is 0 Å². The molecule has 3 heterocycles. The van der Waals surface area contributed by atoms with Gasteiger partial charge < -0.3 is 19.9 Å². The van der Waals surface area contributed by atoms with Crippen molar-refractivity contribution in [3.63, 3.8) is 0 Å². The van der Waals surface area contributed by atoms with Gasteiger partial charge in [0.25, 0.3) is 0 Å². The summed E-state index contributed by atoms with van der Waals surface area (Å²) in [5.74, 6) is 0.601. The Balaban J connectivity index is 1.66. The second-order valence-corrected chi connectivity index (χ2v) is 9.42. The highest BCUT2D eigenvalue weighted by atomic mass is 16.6. The SMILES string of the molecule is C=C=C/C=C1/NCC2=C(/C1=C/C)N(CC1CCN(C(=O)OC(C)(C)C)CC1)CCC2. The van der Waals surface area contributed by atoms with Gasteiger partial charge in [0.2, 0.25) is 0 Å². The van der Waals surface area contributed by atoms with Crippen LogP contribution in [0.3, 0.4) is 0 Å². The molecule has 30 heavy (non-hydrogen) atoms. The second kappa shape index (κ2) is 9.61. The van der Waals surface area contributed by atoms with E-state index >= 15 is 0 Å². The van der Waals surface area contributed by atoms with Gasteiger partial charge >= 0.3 is 6.09 Å². The second-order valence-electron chi connectivity index (χ2n) is 9.42. The van der Waals surface area contributed by atoms with Gasteiger partial charge in [0.15, 0.2) is 0 Å². The summed E-state index contributed by atoms with van der Waals surface area (Å²) in [5.41, 5.74) is 7.78. The van der Waals surface area contributed by atoms with Crippen LogP contribution in [0.5, 0.6) is 0 Å². The summed E-state index contributed by atoms with van der Waals surface area (Å²) in [4.78, 5) is 16.8. The van der Waals surface area contributed by atoms with Crippen molar-refractivity contribution in [3.05, 3.63) is 53.1 Å². The first-order valence-electron chi connectivity index (χ1n) is 11.2. The molecule has 164 valence electrons. The van der Waals surface area contributed by atoms with E-state index in [1.807, 2.05) is 31.7 Å². The molecule has 1 fully saturated rings. The van der Waals surface area contributed by atoms with E-state index in [9.17, 15) is 4.79 Å². The topological polar surface area (TPSA) is 44.8 Å². The maximum Gasteiger partial charge on any atom is 0.410 e. The number of nitrogens with zero attached hydrogens (tertiary/aromatic N) is 2. The van der Waals surface area contributed by atoms with E-state index < -0.39 is 5.60 Å². The van der Waals surface area contributed by atoms with Gasteiger partial charge in [0.1, 0.15) is 5.60 Å². The maximum atomic E-state index is 12.4. The summed E-state index contributed by atoms with van der Waals surface area (Å²) < 4.78 is 5.54. The molecule has 1 amide bonds. The Labute approximate surface area is 181 Å². The normalized spacial score (nSPS) is 23.2. The minimum atomic E-state index is -0.436. The minimum Gasteiger partial charge on any atom is -0.444 e. The largest absolute Gasteiger partial charge is 0.444 e. The molecule has 0 aromatic heterocycles. The van der Waals surface area contributed by atoms with Crippen molar-refractivity contribution in [3.8, 4) is 0 Å². The van der Waals surface area contributed by atoms with Crippen LogP contribution in [0.4, 0.5) is 4.79 Å². The van der Waals surface area contributed by atoms with Crippen LogP contribution in [0.25, 0.3) is 0 Å². The fraction of sp³-hybridized carbons (Fsp3) is 0.600. The molecule has 0 atom stereocenters. The molecule has 3 aliphatic rings. The molecule has 3 rings (SSSR count). The predicted octanol–water partition coefficient (Wildman–Crippen LogP) is 4.76. The number of hydrogen-bond donors (Lipinski definition) is 1. The number of carbonyl (C=O) groups excluding carboxylic acids is 1. The van der Waals surface area contributed by atoms with E-state index in [4.69, 9.17) is 4.74 Å². The number of nitrogens with one attached hydrogen (secondary N) is 1. The monoisotopic (exact) mass is 411 g/mol. The zero-order valence-electron chi connectivity index (χ0n) is 19.1. The first kappa shape index (κ1) is 22.3. The molecule has 0 radical (unpaired) electrons. The molecule has 1 saturated heterocycles. The quantitative estimate of drug-likeness (QED) is 0.680. The molecule has 0 aliphatic carbocycles. The van der Waals surface area contributed by atoms with Crippen molar-refractivity contribution < 1.29 is 9.53 Å². The van der Waals surface area contributed by atoms with Gasteiger partial charge in [-0.1, -0.05) is 12.7 Å². The first-order valence-corrected chi connectivity index (χ1v) is 11.2. The highest BCUT2D eigenvalue weighted by molar-refractivity contribution is 5.68.